The highest BCUT2D eigenvalue weighted by atomic mass is 16.7. The number of ether oxygens (including phenoxy) is 2. The zero-order chi connectivity index (χ0) is 13.1. The molecule has 2 aliphatic heterocycles. The van der Waals surface area contributed by atoms with Crippen LogP contribution in [0.1, 0.15) is 6.92 Å². The average molecular weight is 263 g/mol. The predicted octanol–water partition coefficient (Wildman–Crippen LogP) is 1.12. The van der Waals surface area contributed by atoms with E-state index in [-0.39, 0.29) is 0 Å². The molecule has 0 radical (unpaired) electrons. The maximum atomic E-state index is 5.38. The molecule has 0 aromatic heterocycles. The molecule has 2 heterocycles. The third-order valence-electron chi connectivity index (χ3n) is 3.75. The van der Waals surface area contributed by atoms with Gasteiger partial charge in [-0.1, -0.05) is 0 Å². The molecule has 1 atom stereocenters. The van der Waals surface area contributed by atoms with E-state index in [0.29, 0.717) is 12.8 Å². The quantitative estimate of drug-likeness (QED) is 0.852. The molecular formula is C14H21N3O2. The zero-order valence-electron chi connectivity index (χ0n) is 11.3. The first-order chi connectivity index (χ1) is 9.33. The van der Waals surface area contributed by atoms with Crippen LogP contribution in [0.3, 0.4) is 0 Å². The SMILES string of the molecule is CC(CNc1ccc2c(c1)OCO2)N1CCNCC1. The third kappa shape index (κ3) is 2.93. The van der Waals surface area contributed by atoms with E-state index >= 15 is 0 Å². The number of nitrogens with zero attached hydrogens (tertiary/aromatic N) is 1. The van der Waals surface area contributed by atoms with Crippen LogP contribution in [0.5, 0.6) is 11.5 Å². The molecule has 0 spiro atoms. The topological polar surface area (TPSA) is 45.8 Å². The Hall–Kier alpha value is -1.46. The highest BCUT2D eigenvalue weighted by molar-refractivity contribution is 5.55. The molecule has 0 saturated carbocycles. The standard InChI is InChI=1S/C14H21N3O2/c1-11(17-6-4-15-5-7-17)9-16-12-2-3-13-14(8-12)19-10-18-13/h2-3,8,11,15-16H,4-7,9-10H2,1H3. The summed E-state index contributed by atoms with van der Waals surface area (Å²) in [5, 5.41) is 6.85. The number of hydrogen-bond acceptors (Lipinski definition) is 5. The Bertz CT molecular complexity index is 433. The zero-order valence-corrected chi connectivity index (χ0v) is 11.3. The van der Waals surface area contributed by atoms with Crippen molar-refractivity contribution in [1.29, 1.82) is 0 Å². The van der Waals surface area contributed by atoms with Crippen molar-refractivity contribution in [3.63, 3.8) is 0 Å². The summed E-state index contributed by atoms with van der Waals surface area (Å²) in [5.74, 6) is 1.67. The summed E-state index contributed by atoms with van der Waals surface area (Å²) >= 11 is 0. The minimum atomic E-state index is 0.329. The van der Waals surface area contributed by atoms with Gasteiger partial charge in [0.1, 0.15) is 0 Å². The van der Waals surface area contributed by atoms with Crippen molar-refractivity contribution < 1.29 is 9.47 Å². The van der Waals surface area contributed by atoms with E-state index in [1.54, 1.807) is 0 Å². The summed E-state index contributed by atoms with van der Waals surface area (Å²) in [4.78, 5) is 2.51. The van der Waals surface area contributed by atoms with Gasteiger partial charge in [-0.05, 0) is 19.1 Å². The summed E-state index contributed by atoms with van der Waals surface area (Å²) in [7, 11) is 0. The summed E-state index contributed by atoms with van der Waals surface area (Å²) < 4.78 is 10.7. The molecule has 5 nitrogen and oxygen atoms in total. The number of fused-ring (bicyclic) bond motifs is 1. The number of nitrogens with one attached hydrogen (secondary N) is 2. The van der Waals surface area contributed by atoms with Crippen LogP contribution in [0.2, 0.25) is 0 Å². The van der Waals surface area contributed by atoms with Crippen molar-refractivity contribution in [3.8, 4) is 11.5 Å². The minimum absolute atomic E-state index is 0.329. The van der Waals surface area contributed by atoms with Crippen molar-refractivity contribution in [3.05, 3.63) is 18.2 Å². The number of hydrogen-bond donors (Lipinski definition) is 2. The Balaban J connectivity index is 1.53. The summed E-state index contributed by atoms with van der Waals surface area (Å²) in [5.41, 5.74) is 1.09. The van der Waals surface area contributed by atoms with Crippen molar-refractivity contribution in [1.82, 2.24) is 10.2 Å². The number of rotatable bonds is 4. The van der Waals surface area contributed by atoms with E-state index in [1.807, 2.05) is 18.2 Å². The lowest BCUT2D eigenvalue weighted by Gasteiger charge is -2.33. The van der Waals surface area contributed by atoms with E-state index in [4.69, 9.17) is 9.47 Å². The molecule has 0 aliphatic carbocycles. The van der Waals surface area contributed by atoms with Gasteiger partial charge in [-0.2, -0.15) is 0 Å². The van der Waals surface area contributed by atoms with Gasteiger partial charge in [-0.25, -0.2) is 0 Å². The number of piperazine rings is 1. The first-order valence-corrected chi connectivity index (χ1v) is 6.91. The van der Waals surface area contributed by atoms with Gasteiger partial charge in [0.05, 0.1) is 0 Å². The van der Waals surface area contributed by atoms with Crippen LogP contribution in [0, 0.1) is 0 Å². The Morgan fingerprint density at radius 2 is 2.05 bits per heavy atom. The predicted molar refractivity (Wildman–Crippen MR) is 75.0 cm³/mol. The van der Waals surface area contributed by atoms with Gasteiger partial charge in [0, 0.05) is 50.5 Å². The fraction of sp³-hybridized carbons (Fsp3) is 0.571. The molecule has 1 saturated heterocycles. The molecule has 2 aliphatic rings. The normalized spacial score (nSPS) is 20.3. The second kappa shape index (κ2) is 5.67. The molecule has 0 amide bonds. The van der Waals surface area contributed by atoms with Gasteiger partial charge < -0.3 is 20.1 Å². The van der Waals surface area contributed by atoms with Crippen molar-refractivity contribution >= 4 is 5.69 Å². The van der Waals surface area contributed by atoms with Crippen LogP contribution in [0.15, 0.2) is 18.2 Å². The molecule has 1 aromatic rings. The van der Waals surface area contributed by atoms with E-state index in [9.17, 15) is 0 Å². The molecule has 5 heteroatoms. The van der Waals surface area contributed by atoms with Gasteiger partial charge in [0.2, 0.25) is 6.79 Å². The second-order valence-corrected chi connectivity index (χ2v) is 5.08. The maximum absolute atomic E-state index is 5.38. The average Bonchev–Trinajstić information content (AvgIpc) is 2.93. The molecule has 0 bridgehead atoms. The lowest BCUT2D eigenvalue weighted by atomic mass is 10.2. The largest absolute Gasteiger partial charge is 0.454 e. The number of anilines is 1. The first-order valence-electron chi connectivity index (χ1n) is 6.91. The smallest absolute Gasteiger partial charge is 0.231 e. The van der Waals surface area contributed by atoms with E-state index < -0.39 is 0 Å². The molecule has 1 unspecified atom stereocenters. The van der Waals surface area contributed by atoms with Gasteiger partial charge >= 0.3 is 0 Å². The highest BCUT2D eigenvalue weighted by Gasteiger charge is 2.17. The van der Waals surface area contributed by atoms with E-state index in [2.05, 4.69) is 22.5 Å². The number of benzene rings is 1. The summed E-state index contributed by atoms with van der Waals surface area (Å²) in [6.45, 7) is 7.98. The van der Waals surface area contributed by atoms with Crippen LogP contribution < -0.4 is 20.1 Å². The van der Waals surface area contributed by atoms with Crippen LogP contribution in [-0.4, -0.2) is 50.5 Å². The van der Waals surface area contributed by atoms with Crippen LogP contribution >= 0.6 is 0 Å². The molecule has 1 fully saturated rings. The van der Waals surface area contributed by atoms with Crippen molar-refractivity contribution in [2.75, 3.05) is 44.8 Å². The van der Waals surface area contributed by atoms with E-state index in [1.165, 1.54) is 0 Å². The van der Waals surface area contributed by atoms with Crippen molar-refractivity contribution in [2.45, 2.75) is 13.0 Å². The first kappa shape index (κ1) is 12.6. The fourth-order valence-electron chi connectivity index (χ4n) is 2.52. The van der Waals surface area contributed by atoms with Crippen LogP contribution in [-0.2, 0) is 0 Å². The van der Waals surface area contributed by atoms with E-state index in [0.717, 1.165) is 49.9 Å². The minimum Gasteiger partial charge on any atom is -0.454 e. The Morgan fingerprint density at radius 1 is 1.26 bits per heavy atom. The maximum Gasteiger partial charge on any atom is 0.231 e. The monoisotopic (exact) mass is 263 g/mol. The lowest BCUT2D eigenvalue weighted by Crippen LogP contribution is -2.49. The summed E-state index contributed by atoms with van der Waals surface area (Å²) in [6, 6.07) is 6.54. The Morgan fingerprint density at radius 3 is 2.89 bits per heavy atom. The van der Waals surface area contributed by atoms with Gasteiger partial charge in [0.15, 0.2) is 11.5 Å². The third-order valence-corrected chi connectivity index (χ3v) is 3.75. The van der Waals surface area contributed by atoms with Gasteiger partial charge in [0.25, 0.3) is 0 Å². The summed E-state index contributed by atoms with van der Waals surface area (Å²) in [6.07, 6.45) is 0. The van der Waals surface area contributed by atoms with Crippen LogP contribution in [0.25, 0.3) is 0 Å². The van der Waals surface area contributed by atoms with Gasteiger partial charge in [-0.3, -0.25) is 4.90 Å². The fourth-order valence-corrected chi connectivity index (χ4v) is 2.52. The van der Waals surface area contributed by atoms with Crippen molar-refractivity contribution in [2.24, 2.45) is 0 Å². The molecule has 19 heavy (non-hydrogen) atoms. The molecule has 104 valence electrons. The molecular weight excluding hydrogens is 242 g/mol. The molecule has 1 aromatic carbocycles. The Kier molecular flexibility index (Phi) is 3.75. The second-order valence-electron chi connectivity index (χ2n) is 5.08. The molecule has 2 N–H and O–H groups in total. The van der Waals surface area contributed by atoms with Crippen LogP contribution in [0.4, 0.5) is 5.69 Å². The van der Waals surface area contributed by atoms with Gasteiger partial charge in [-0.15, -0.1) is 0 Å². The Labute approximate surface area is 113 Å². The highest BCUT2D eigenvalue weighted by Crippen LogP contribution is 2.34. The molecule has 3 rings (SSSR count). The lowest BCUT2D eigenvalue weighted by molar-refractivity contribution is 0.174.